The maximum atomic E-state index is 12.0. The molecule has 0 aliphatic carbocycles. The largest absolute Gasteiger partial charge is 0.383 e. The van der Waals surface area contributed by atoms with Gasteiger partial charge in [0.25, 0.3) is 11.8 Å². The third kappa shape index (κ3) is 2.94. The van der Waals surface area contributed by atoms with Crippen LogP contribution >= 0.6 is 11.6 Å². The topological polar surface area (TPSA) is 58.6 Å². The van der Waals surface area contributed by atoms with Gasteiger partial charge in [-0.3, -0.25) is 14.5 Å². The van der Waals surface area contributed by atoms with Crippen LogP contribution in [0.3, 0.4) is 0 Å². The molecule has 1 N–H and O–H groups in total. The highest BCUT2D eigenvalue weighted by Crippen LogP contribution is 2.24. The Morgan fingerprint density at radius 1 is 1.32 bits per heavy atom. The van der Waals surface area contributed by atoms with Gasteiger partial charge in [0.05, 0.1) is 23.9 Å². The second-order valence-electron chi connectivity index (χ2n) is 3.95. The Balaban J connectivity index is 2.10. The molecule has 1 aliphatic rings. The summed E-state index contributed by atoms with van der Waals surface area (Å²) in [6.45, 7) is 0.545. The summed E-state index contributed by atoms with van der Waals surface area (Å²) in [7, 11) is 1.52. The van der Waals surface area contributed by atoms with Gasteiger partial charge in [0, 0.05) is 13.2 Å². The summed E-state index contributed by atoms with van der Waals surface area (Å²) in [6, 6.07) is 7.01. The number of amides is 2. The van der Waals surface area contributed by atoms with Crippen molar-refractivity contribution in [3.05, 3.63) is 41.1 Å². The number of nitrogens with one attached hydrogen (secondary N) is 1. The quantitative estimate of drug-likeness (QED) is 0.833. The summed E-state index contributed by atoms with van der Waals surface area (Å²) in [5, 5.41) is 3.36. The number of carbonyl (C=O) groups excluding carboxylic acids is 2. The molecule has 19 heavy (non-hydrogen) atoms. The average molecular weight is 281 g/mol. The molecule has 0 fully saturated rings. The molecule has 5 nitrogen and oxygen atoms in total. The molecular weight excluding hydrogens is 268 g/mol. The molecule has 0 spiro atoms. The van der Waals surface area contributed by atoms with E-state index in [-0.39, 0.29) is 24.1 Å². The van der Waals surface area contributed by atoms with Gasteiger partial charge in [0.2, 0.25) is 0 Å². The van der Waals surface area contributed by atoms with Crippen LogP contribution in [-0.2, 0) is 14.3 Å². The van der Waals surface area contributed by atoms with E-state index in [4.69, 9.17) is 16.3 Å². The minimum atomic E-state index is -0.373. The Labute approximate surface area is 115 Å². The molecule has 1 aromatic carbocycles. The third-order valence-corrected chi connectivity index (χ3v) is 3.00. The Kier molecular flexibility index (Phi) is 4.19. The number of rotatable bonds is 5. The van der Waals surface area contributed by atoms with Crippen LogP contribution in [-0.4, -0.2) is 37.0 Å². The van der Waals surface area contributed by atoms with Gasteiger partial charge in [-0.15, -0.1) is 0 Å². The predicted molar refractivity (Wildman–Crippen MR) is 71.8 cm³/mol. The number of para-hydroxylation sites is 1. The van der Waals surface area contributed by atoms with Crippen LogP contribution in [0, 0.1) is 0 Å². The predicted octanol–water partition coefficient (Wildman–Crippen LogP) is 1.65. The van der Waals surface area contributed by atoms with Gasteiger partial charge in [-0.05, 0) is 12.1 Å². The van der Waals surface area contributed by atoms with E-state index in [0.717, 1.165) is 4.90 Å². The fraction of sp³-hybridized carbons (Fsp3) is 0.231. The normalized spacial score (nSPS) is 14.8. The molecule has 1 heterocycles. The molecular formula is C13H13ClN2O3. The Morgan fingerprint density at radius 3 is 2.74 bits per heavy atom. The first kappa shape index (κ1) is 13.6. The minimum absolute atomic E-state index is 0.217. The van der Waals surface area contributed by atoms with Gasteiger partial charge in [0.1, 0.15) is 5.70 Å². The lowest BCUT2D eigenvalue weighted by Crippen LogP contribution is -2.34. The van der Waals surface area contributed by atoms with E-state index in [1.54, 1.807) is 24.3 Å². The highest BCUT2D eigenvalue weighted by Gasteiger charge is 2.30. The standard InChI is InChI=1S/C13H13ClN2O3/c1-19-7-6-16-12(17)8-11(13(16)18)15-10-5-3-2-4-9(10)14/h2-5,8,15H,6-7H2,1H3. The van der Waals surface area contributed by atoms with E-state index >= 15 is 0 Å². The number of benzene rings is 1. The second kappa shape index (κ2) is 5.86. The Morgan fingerprint density at radius 2 is 2.05 bits per heavy atom. The number of hydrogen-bond acceptors (Lipinski definition) is 4. The zero-order valence-corrected chi connectivity index (χ0v) is 11.1. The number of methoxy groups -OCH3 is 1. The molecule has 1 aliphatic heterocycles. The molecule has 0 atom stereocenters. The molecule has 0 aromatic heterocycles. The number of ether oxygens (including phenoxy) is 1. The number of nitrogens with zero attached hydrogens (tertiary/aromatic N) is 1. The van der Waals surface area contributed by atoms with Crippen molar-refractivity contribution in [3.8, 4) is 0 Å². The van der Waals surface area contributed by atoms with Gasteiger partial charge < -0.3 is 10.1 Å². The molecule has 2 rings (SSSR count). The zero-order chi connectivity index (χ0) is 13.8. The van der Waals surface area contributed by atoms with Crippen molar-refractivity contribution >= 4 is 29.1 Å². The van der Waals surface area contributed by atoms with E-state index in [9.17, 15) is 9.59 Å². The molecule has 6 heteroatoms. The summed E-state index contributed by atoms with van der Waals surface area (Å²) in [5.74, 6) is -0.724. The molecule has 0 saturated heterocycles. The van der Waals surface area contributed by atoms with Crippen molar-refractivity contribution in [2.75, 3.05) is 25.6 Å². The second-order valence-corrected chi connectivity index (χ2v) is 4.36. The van der Waals surface area contributed by atoms with Gasteiger partial charge in [-0.1, -0.05) is 23.7 Å². The molecule has 2 amide bonds. The van der Waals surface area contributed by atoms with Crippen LogP contribution in [0.1, 0.15) is 0 Å². The SMILES string of the molecule is COCCN1C(=O)C=C(Nc2ccccc2Cl)C1=O. The van der Waals surface area contributed by atoms with E-state index in [0.29, 0.717) is 17.3 Å². The molecule has 0 bridgehead atoms. The van der Waals surface area contributed by atoms with Crippen LogP contribution in [0.25, 0.3) is 0 Å². The van der Waals surface area contributed by atoms with Crippen LogP contribution in [0.4, 0.5) is 5.69 Å². The fourth-order valence-electron chi connectivity index (χ4n) is 1.70. The highest BCUT2D eigenvalue weighted by molar-refractivity contribution is 6.33. The zero-order valence-electron chi connectivity index (χ0n) is 10.4. The van der Waals surface area contributed by atoms with Crippen molar-refractivity contribution in [1.29, 1.82) is 0 Å². The molecule has 0 saturated carbocycles. The first-order valence-corrected chi connectivity index (χ1v) is 6.09. The van der Waals surface area contributed by atoms with Gasteiger partial charge >= 0.3 is 0 Å². The number of imide groups is 1. The third-order valence-electron chi connectivity index (χ3n) is 2.67. The lowest BCUT2D eigenvalue weighted by atomic mass is 10.3. The summed E-state index contributed by atoms with van der Waals surface area (Å²) in [6.07, 6.45) is 1.27. The van der Waals surface area contributed by atoms with Gasteiger partial charge in [-0.2, -0.15) is 0 Å². The Bertz CT molecular complexity index is 542. The van der Waals surface area contributed by atoms with Gasteiger partial charge in [-0.25, -0.2) is 0 Å². The molecule has 0 radical (unpaired) electrons. The van der Waals surface area contributed by atoms with Crippen LogP contribution in [0.2, 0.25) is 5.02 Å². The first-order chi connectivity index (χ1) is 9.13. The van der Waals surface area contributed by atoms with Crippen LogP contribution in [0.15, 0.2) is 36.0 Å². The maximum absolute atomic E-state index is 12.0. The van der Waals surface area contributed by atoms with Crippen LogP contribution in [0.5, 0.6) is 0 Å². The molecule has 0 unspecified atom stereocenters. The Hall–Kier alpha value is -1.85. The van der Waals surface area contributed by atoms with E-state index < -0.39 is 0 Å². The van der Waals surface area contributed by atoms with Crippen molar-refractivity contribution < 1.29 is 14.3 Å². The van der Waals surface area contributed by atoms with Crippen molar-refractivity contribution in [2.24, 2.45) is 0 Å². The number of halogens is 1. The van der Waals surface area contributed by atoms with Crippen molar-refractivity contribution in [2.45, 2.75) is 0 Å². The first-order valence-electron chi connectivity index (χ1n) is 5.71. The fourth-order valence-corrected chi connectivity index (χ4v) is 1.88. The van der Waals surface area contributed by atoms with E-state index in [2.05, 4.69) is 5.32 Å². The summed E-state index contributed by atoms with van der Waals surface area (Å²) in [4.78, 5) is 24.8. The lowest BCUT2D eigenvalue weighted by Gasteiger charge is -2.14. The monoisotopic (exact) mass is 280 g/mol. The van der Waals surface area contributed by atoms with Crippen molar-refractivity contribution in [3.63, 3.8) is 0 Å². The maximum Gasteiger partial charge on any atom is 0.277 e. The van der Waals surface area contributed by atoms with Gasteiger partial charge in [0.15, 0.2) is 0 Å². The van der Waals surface area contributed by atoms with E-state index in [1.165, 1.54) is 13.2 Å². The molecule has 100 valence electrons. The van der Waals surface area contributed by atoms with Crippen LogP contribution < -0.4 is 5.32 Å². The summed E-state index contributed by atoms with van der Waals surface area (Å²) >= 11 is 5.99. The lowest BCUT2D eigenvalue weighted by molar-refractivity contribution is -0.137. The number of carbonyl (C=O) groups is 2. The smallest absolute Gasteiger partial charge is 0.277 e. The summed E-state index contributed by atoms with van der Waals surface area (Å²) in [5.41, 5.74) is 0.805. The van der Waals surface area contributed by atoms with Crippen molar-refractivity contribution in [1.82, 2.24) is 4.90 Å². The minimum Gasteiger partial charge on any atom is -0.383 e. The summed E-state index contributed by atoms with van der Waals surface area (Å²) < 4.78 is 4.86. The average Bonchev–Trinajstić information content (AvgIpc) is 2.65. The highest BCUT2D eigenvalue weighted by atomic mass is 35.5. The van der Waals surface area contributed by atoms with E-state index in [1.807, 2.05) is 0 Å². The molecule has 1 aromatic rings. The number of hydrogen-bond donors (Lipinski definition) is 1. The number of anilines is 1.